The topological polar surface area (TPSA) is 37.8 Å². The predicted octanol–water partition coefficient (Wildman–Crippen LogP) is 2.14. The van der Waals surface area contributed by atoms with E-state index >= 15 is 0 Å². The second kappa shape index (κ2) is 5.00. The van der Waals surface area contributed by atoms with Gasteiger partial charge in [-0.05, 0) is 30.0 Å². The van der Waals surface area contributed by atoms with Crippen molar-refractivity contribution in [1.82, 2.24) is 15.3 Å². The van der Waals surface area contributed by atoms with Gasteiger partial charge in [-0.2, -0.15) is 0 Å². The molecule has 0 aliphatic carbocycles. The van der Waals surface area contributed by atoms with Crippen molar-refractivity contribution in [2.24, 2.45) is 0 Å². The number of thiophene rings is 1. The zero-order valence-electron chi connectivity index (χ0n) is 8.60. The third kappa shape index (κ3) is 2.84. The molecular formula is C11H13N3S. The first-order valence-electron chi connectivity index (χ1n) is 4.86. The molecule has 2 aromatic rings. The summed E-state index contributed by atoms with van der Waals surface area (Å²) in [6.07, 6.45) is 3.53. The first kappa shape index (κ1) is 10.3. The maximum Gasteiger partial charge on any atom is 0.141 e. The van der Waals surface area contributed by atoms with Crippen LogP contribution >= 0.6 is 11.3 Å². The van der Waals surface area contributed by atoms with Crippen LogP contribution in [0.4, 0.5) is 0 Å². The Balaban J connectivity index is 1.83. The van der Waals surface area contributed by atoms with Crippen LogP contribution in [-0.2, 0) is 13.1 Å². The maximum absolute atomic E-state index is 4.15. The highest BCUT2D eigenvalue weighted by molar-refractivity contribution is 7.10. The highest BCUT2D eigenvalue weighted by atomic mass is 32.1. The van der Waals surface area contributed by atoms with E-state index in [2.05, 4.69) is 33.7 Å². The Bertz CT molecular complexity index is 411. The third-order valence-electron chi connectivity index (χ3n) is 2.16. The molecule has 0 aliphatic heterocycles. The minimum absolute atomic E-state index is 0.720. The average molecular weight is 219 g/mol. The van der Waals surface area contributed by atoms with Crippen LogP contribution in [0.5, 0.6) is 0 Å². The number of nitrogens with zero attached hydrogens (tertiary/aromatic N) is 2. The summed E-state index contributed by atoms with van der Waals surface area (Å²) in [6, 6.07) is 3.97. The van der Waals surface area contributed by atoms with Crippen LogP contribution in [0.1, 0.15) is 16.3 Å². The van der Waals surface area contributed by atoms with E-state index in [0.717, 1.165) is 18.9 Å². The van der Waals surface area contributed by atoms with Gasteiger partial charge in [0, 0.05) is 23.8 Å². The quantitative estimate of drug-likeness (QED) is 0.856. The molecule has 0 saturated carbocycles. The van der Waals surface area contributed by atoms with Gasteiger partial charge in [0.2, 0.25) is 0 Å². The predicted molar refractivity (Wildman–Crippen MR) is 61.6 cm³/mol. The molecule has 0 atom stereocenters. The van der Waals surface area contributed by atoms with Crippen LogP contribution in [-0.4, -0.2) is 9.97 Å². The third-order valence-corrected chi connectivity index (χ3v) is 3.18. The van der Waals surface area contributed by atoms with Crippen molar-refractivity contribution < 1.29 is 0 Å². The molecular weight excluding hydrogens is 206 g/mol. The molecule has 0 radical (unpaired) electrons. The van der Waals surface area contributed by atoms with E-state index in [1.165, 1.54) is 10.4 Å². The molecule has 2 rings (SSSR count). The van der Waals surface area contributed by atoms with Gasteiger partial charge in [0.1, 0.15) is 5.82 Å². The fourth-order valence-electron chi connectivity index (χ4n) is 1.29. The van der Waals surface area contributed by atoms with Crippen molar-refractivity contribution >= 4 is 11.3 Å². The van der Waals surface area contributed by atoms with Crippen molar-refractivity contribution in [1.29, 1.82) is 0 Å². The van der Waals surface area contributed by atoms with Gasteiger partial charge in [0.05, 0.1) is 6.54 Å². The highest BCUT2D eigenvalue weighted by Gasteiger charge is 1.99. The largest absolute Gasteiger partial charge is 0.305 e. The van der Waals surface area contributed by atoms with Crippen molar-refractivity contribution in [3.63, 3.8) is 0 Å². The lowest BCUT2D eigenvalue weighted by Crippen LogP contribution is -2.14. The van der Waals surface area contributed by atoms with Crippen LogP contribution in [0.25, 0.3) is 0 Å². The SMILES string of the molecule is Cc1ccsc1CNCc1ncccn1. The highest BCUT2D eigenvalue weighted by Crippen LogP contribution is 2.14. The van der Waals surface area contributed by atoms with E-state index in [1.807, 2.05) is 6.07 Å². The second-order valence-electron chi connectivity index (χ2n) is 3.30. The van der Waals surface area contributed by atoms with Gasteiger partial charge in [-0.15, -0.1) is 11.3 Å². The summed E-state index contributed by atoms with van der Waals surface area (Å²) in [6.45, 7) is 3.74. The van der Waals surface area contributed by atoms with Gasteiger partial charge >= 0.3 is 0 Å². The van der Waals surface area contributed by atoms with Gasteiger partial charge in [-0.3, -0.25) is 0 Å². The summed E-state index contributed by atoms with van der Waals surface area (Å²) in [5.41, 5.74) is 1.35. The first-order valence-corrected chi connectivity index (χ1v) is 5.74. The van der Waals surface area contributed by atoms with Crippen molar-refractivity contribution in [3.8, 4) is 0 Å². The first-order chi connectivity index (χ1) is 7.36. The number of hydrogen-bond acceptors (Lipinski definition) is 4. The Labute approximate surface area is 93.2 Å². The van der Waals surface area contributed by atoms with E-state index in [-0.39, 0.29) is 0 Å². The summed E-state index contributed by atoms with van der Waals surface area (Å²) in [5.74, 6) is 0.840. The summed E-state index contributed by atoms with van der Waals surface area (Å²) in [4.78, 5) is 9.68. The number of rotatable bonds is 4. The Morgan fingerprint density at radius 3 is 2.73 bits per heavy atom. The molecule has 0 fully saturated rings. The van der Waals surface area contributed by atoms with E-state index < -0.39 is 0 Å². The lowest BCUT2D eigenvalue weighted by Gasteiger charge is -2.02. The fourth-order valence-corrected chi connectivity index (χ4v) is 2.17. The summed E-state index contributed by atoms with van der Waals surface area (Å²) < 4.78 is 0. The van der Waals surface area contributed by atoms with E-state index in [9.17, 15) is 0 Å². The second-order valence-corrected chi connectivity index (χ2v) is 4.30. The Morgan fingerprint density at radius 2 is 2.07 bits per heavy atom. The molecule has 3 nitrogen and oxygen atoms in total. The van der Waals surface area contributed by atoms with E-state index in [4.69, 9.17) is 0 Å². The molecule has 78 valence electrons. The molecule has 1 N–H and O–H groups in total. The number of aryl methyl sites for hydroxylation is 1. The van der Waals surface area contributed by atoms with Crippen molar-refractivity contribution in [2.45, 2.75) is 20.0 Å². The molecule has 0 unspecified atom stereocenters. The molecule has 0 amide bonds. The van der Waals surface area contributed by atoms with Gasteiger partial charge < -0.3 is 5.32 Å². The van der Waals surface area contributed by atoms with Gasteiger partial charge in [0.15, 0.2) is 0 Å². The molecule has 0 aromatic carbocycles. The molecule has 2 heterocycles. The smallest absolute Gasteiger partial charge is 0.141 e. The van der Waals surface area contributed by atoms with Crippen LogP contribution in [0, 0.1) is 6.92 Å². The fraction of sp³-hybridized carbons (Fsp3) is 0.273. The lowest BCUT2D eigenvalue weighted by atomic mass is 10.3. The van der Waals surface area contributed by atoms with E-state index in [1.54, 1.807) is 23.7 Å². The Hall–Kier alpha value is -1.26. The number of aromatic nitrogens is 2. The molecule has 2 aromatic heterocycles. The minimum Gasteiger partial charge on any atom is -0.305 e. The summed E-state index contributed by atoms with van der Waals surface area (Å²) in [5, 5.41) is 5.45. The number of nitrogens with one attached hydrogen (secondary N) is 1. The maximum atomic E-state index is 4.15. The molecule has 0 saturated heterocycles. The minimum atomic E-state index is 0.720. The van der Waals surface area contributed by atoms with Crippen LogP contribution in [0.15, 0.2) is 29.9 Å². The number of hydrogen-bond donors (Lipinski definition) is 1. The molecule has 0 bridgehead atoms. The Kier molecular flexibility index (Phi) is 3.42. The van der Waals surface area contributed by atoms with Crippen LogP contribution in [0.3, 0.4) is 0 Å². The molecule has 4 heteroatoms. The molecule has 15 heavy (non-hydrogen) atoms. The Morgan fingerprint density at radius 1 is 1.27 bits per heavy atom. The lowest BCUT2D eigenvalue weighted by molar-refractivity contribution is 0.666. The normalized spacial score (nSPS) is 10.5. The van der Waals surface area contributed by atoms with Gasteiger partial charge in [0.25, 0.3) is 0 Å². The summed E-state index contributed by atoms with van der Waals surface area (Å²) >= 11 is 1.78. The van der Waals surface area contributed by atoms with Gasteiger partial charge in [-0.1, -0.05) is 0 Å². The zero-order chi connectivity index (χ0) is 10.5. The average Bonchev–Trinajstić information content (AvgIpc) is 2.66. The standard InChI is InChI=1S/C11H13N3S/c1-9-3-6-15-10(9)7-12-8-11-13-4-2-5-14-11/h2-6,12H,7-8H2,1H3. The van der Waals surface area contributed by atoms with Crippen molar-refractivity contribution in [3.05, 3.63) is 46.2 Å². The van der Waals surface area contributed by atoms with Gasteiger partial charge in [-0.25, -0.2) is 9.97 Å². The monoisotopic (exact) mass is 219 g/mol. The van der Waals surface area contributed by atoms with Crippen molar-refractivity contribution in [2.75, 3.05) is 0 Å². The van der Waals surface area contributed by atoms with E-state index in [0.29, 0.717) is 0 Å². The van der Waals surface area contributed by atoms with Crippen LogP contribution < -0.4 is 5.32 Å². The summed E-state index contributed by atoms with van der Waals surface area (Å²) in [7, 11) is 0. The van der Waals surface area contributed by atoms with Crippen LogP contribution in [0.2, 0.25) is 0 Å². The zero-order valence-corrected chi connectivity index (χ0v) is 9.42. The molecule has 0 spiro atoms. The molecule has 0 aliphatic rings.